The molecule has 3 heterocycles. The maximum absolute atomic E-state index is 14.7. The van der Waals surface area contributed by atoms with Gasteiger partial charge >= 0.3 is 6.03 Å². The van der Waals surface area contributed by atoms with Gasteiger partial charge in [0.2, 0.25) is 5.91 Å². The number of anilines is 1. The molecule has 26 heavy (non-hydrogen) atoms. The van der Waals surface area contributed by atoms with Crippen LogP contribution in [0.1, 0.15) is 35.2 Å². The zero-order chi connectivity index (χ0) is 18.3. The van der Waals surface area contributed by atoms with Gasteiger partial charge in [-0.15, -0.1) is 0 Å². The summed E-state index contributed by atoms with van der Waals surface area (Å²) in [6.45, 7) is 2.14. The zero-order valence-corrected chi connectivity index (χ0v) is 14.4. The molecule has 3 aliphatic rings. The second-order valence-corrected chi connectivity index (χ2v) is 6.97. The number of nitrogens with one attached hydrogen (secondary N) is 2. The number of fused-ring (bicyclic) bond motifs is 1. The Hall–Kier alpha value is -2.64. The van der Waals surface area contributed by atoms with Gasteiger partial charge < -0.3 is 20.4 Å². The van der Waals surface area contributed by atoms with Crippen molar-refractivity contribution in [3.05, 3.63) is 29.1 Å². The summed E-state index contributed by atoms with van der Waals surface area (Å²) >= 11 is 0. The van der Waals surface area contributed by atoms with Gasteiger partial charge in [-0.1, -0.05) is 0 Å². The fraction of sp³-hybridized carbons (Fsp3) is 0.500. The molecule has 0 aliphatic carbocycles. The molecule has 0 radical (unpaired) electrons. The average molecular weight is 360 g/mol. The molecule has 4 rings (SSSR count). The number of hydrogen-bond donors (Lipinski definition) is 2. The zero-order valence-electron chi connectivity index (χ0n) is 14.4. The predicted molar refractivity (Wildman–Crippen MR) is 92.4 cm³/mol. The second kappa shape index (κ2) is 6.59. The van der Waals surface area contributed by atoms with E-state index >= 15 is 0 Å². The minimum atomic E-state index is -0.545. The number of rotatable bonds is 2. The summed E-state index contributed by atoms with van der Waals surface area (Å²) in [6.07, 6.45) is 2.59. The fourth-order valence-corrected chi connectivity index (χ4v) is 4.00. The van der Waals surface area contributed by atoms with E-state index in [2.05, 4.69) is 10.6 Å². The van der Waals surface area contributed by atoms with Crippen LogP contribution in [-0.2, 0) is 11.2 Å². The molecule has 1 unspecified atom stereocenters. The van der Waals surface area contributed by atoms with Crippen molar-refractivity contribution in [1.29, 1.82) is 0 Å². The van der Waals surface area contributed by atoms with E-state index in [1.807, 2.05) is 4.90 Å². The van der Waals surface area contributed by atoms with Gasteiger partial charge in [-0.05, 0) is 31.4 Å². The van der Waals surface area contributed by atoms with Crippen LogP contribution >= 0.6 is 0 Å². The molecule has 0 spiro atoms. The number of carbonyl (C=O) groups excluding carboxylic acids is 3. The number of halogens is 1. The lowest BCUT2D eigenvalue weighted by atomic mass is 9.99. The standard InChI is InChI=1S/C18H21FN4O3/c19-16-12-5-7-20-17(25)13(12)3-4-14(16)21-18(26)22-9-6-11(10-22)23-8-1-2-15(23)24/h3-4,11H,1-2,5-10H2,(H,20,25)(H,21,26). The maximum Gasteiger partial charge on any atom is 0.321 e. The van der Waals surface area contributed by atoms with E-state index in [-0.39, 0.29) is 29.6 Å². The van der Waals surface area contributed by atoms with Crippen LogP contribution in [0.4, 0.5) is 14.9 Å². The Bertz CT molecular complexity index is 782. The lowest BCUT2D eigenvalue weighted by molar-refractivity contribution is -0.129. The number of urea groups is 1. The Morgan fingerprint density at radius 3 is 2.85 bits per heavy atom. The van der Waals surface area contributed by atoms with Crippen molar-refractivity contribution in [1.82, 2.24) is 15.1 Å². The largest absolute Gasteiger partial charge is 0.352 e. The van der Waals surface area contributed by atoms with Gasteiger partial charge in [-0.2, -0.15) is 0 Å². The highest BCUT2D eigenvalue weighted by Gasteiger charge is 2.35. The number of likely N-dealkylation sites (tertiary alicyclic amines) is 2. The third-order valence-electron chi connectivity index (χ3n) is 5.39. The third kappa shape index (κ3) is 2.89. The molecular weight excluding hydrogens is 339 g/mol. The Morgan fingerprint density at radius 1 is 1.23 bits per heavy atom. The van der Waals surface area contributed by atoms with Crippen LogP contribution in [0.5, 0.6) is 0 Å². The first-order valence-electron chi connectivity index (χ1n) is 8.99. The quantitative estimate of drug-likeness (QED) is 0.835. The summed E-state index contributed by atoms with van der Waals surface area (Å²) in [7, 11) is 0. The lowest BCUT2D eigenvalue weighted by Crippen LogP contribution is -2.40. The van der Waals surface area contributed by atoms with Gasteiger partial charge in [0, 0.05) is 43.7 Å². The van der Waals surface area contributed by atoms with Gasteiger partial charge in [0.1, 0.15) is 0 Å². The van der Waals surface area contributed by atoms with E-state index in [1.54, 1.807) is 4.90 Å². The van der Waals surface area contributed by atoms with Crippen LogP contribution in [0.25, 0.3) is 0 Å². The first-order chi connectivity index (χ1) is 12.5. The van der Waals surface area contributed by atoms with Gasteiger partial charge in [-0.25, -0.2) is 9.18 Å². The molecule has 3 aliphatic heterocycles. The minimum absolute atomic E-state index is 0.0489. The van der Waals surface area contributed by atoms with E-state index in [0.717, 1.165) is 19.4 Å². The van der Waals surface area contributed by atoms with E-state index < -0.39 is 5.82 Å². The molecular formula is C18H21FN4O3. The van der Waals surface area contributed by atoms with Crippen molar-refractivity contribution in [2.45, 2.75) is 31.7 Å². The van der Waals surface area contributed by atoms with Crippen molar-refractivity contribution in [2.24, 2.45) is 0 Å². The molecule has 0 saturated carbocycles. The SMILES string of the molecule is O=C1NCCc2c1ccc(NC(=O)N1CCC(N3CCCC3=O)C1)c2F. The van der Waals surface area contributed by atoms with Crippen molar-refractivity contribution in [3.8, 4) is 0 Å². The Labute approximate surface area is 150 Å². The van der Waals surface area contributed by atoms with Crippen molar-refractivity contribution >= 4 is 23.5 Å². The van der Waals surface area contributed by atoms with E-state index in [0.29, 0.717) is 43.6 Å². The molecule has 138 valence electrons. The summed E-state index contributed by atoms with van der Waals surface area (Å²) in [5, 5.41) is 5.29. The summed E-state index contributed by atoms with van der Waals surface area (Å²) < 4.78 is 14.7. The third-order valence-corrected chi connectivity index (χ3v) is 5.39. The van der Waals surface area contributed by atoms with E-state index in [1.165, 1.54) is 12.1 Å². The number of nitrogens with zero attached hydrogens (tertiary/aromatic N) is 2. The number of hydrogen-bond acceptors (Lipinski definition) is 3. The van der Waals surface area contributed by atoms with Crippen LogP contribution in [-0.4, -0.2) is 59.9 Å². The van der Waals surface area contributed by atoms with E-state index in [9.17, 15) is 18.8 Å². The van der Waals surface area contributed by atoms with Gasteiger partial charge in [0.25, 0.3) is 5.91 Å². The lowest BCUT2D eigenvalue weighted by Gasteiger charge is -2.24. The molecule has 1 atom stereocenters. The van der Waals surface area contributed by atoms with E-state index in [4.69, 9.17) is 0 Å². The van der Waals surface area contributed by atoms with Crippen LogP contribution in [0, 0.1) is 5.82 Å². The molecule has 4 amide bonds. The van der Waals surface area contributed by atoms with Crippen molar-refractivity contribution in [2.75, 3.05) is 31.5 Å². The van der Waals surface area contributed by atoms with Crippen LogP contribution in [0.2, 0.25) is 0 Å². The number of amides is 4. The molecule has 0 bridgehead atoms. The summed E-state index contributed by atoms with van der Waals surface area (Å²) in [4.78, 5) is 39.6. The van der Waals surface area contributed by atoms with Crippen LogP contribution in [0.3, 0.4) is 0 Å². The molecule has 2 fully saturated rings. The summed E-state index contributed by atoms with van der Waals surface area (Å²) in [6, 6.07) is 2.64. The molecule has 8 heteroatoms. The van der Waals surface area contributed by atoms with Crippen molar-refractivity contribution in [3.63, 3.8) is 0 Å². The second-order valence-electron chi connectivity index (χ2n) is 6.97. The molecule has 2 N–H and O–H groups in total. The molecule has 0 aromatic heterocycles. The highest BCUT2D eigenvalue weighted by atomic mass is 19.1. The van der Waals surface area contributed by atoms with Crippen LogP contribution in [0.15, 0.2) is 12.1 Å². The Kier molecular flexibility index (Phi) is 4.26. The van der Waals surface area contributed by atoms with Gasteiger partial charge in [-0.3, -0.25) is 9.59 Å². The van der Waals surface area contributed by atoms with Gasteiger partial charge in [0.15, 0.2) is 5.82 Å². The molecule has 1 aromatic carbocycles. The molecule has 2 saturated heterocycles. The first kappa shape index (κ1) is 16.8. The number of benzene rings is 1. The normalized spacial score (nSPS) is 22.4. The van der Waals surface area contributed by atoms with Crippen molar-refractivity contribution < 1.29 is 18.8 Å². The first-order valence-corrected chi connectivity index (χ1v) is 8.99. The Balaban J connectivity index is 1.44. The smallest absolute Gasteiger partial charge is 0.321 e. The minimum Gasteiger partial charge on any atom is -0.352 e. The monoisotopic (exact) mass is 360 g/mol. The highest BCUT2D eigenvalue weighted by molar-refractivity contribution is 5.98. The molecule has 1 aromatic rings. The number of carbonyl (C=O) groups is 3. The fourth-order valence-electron chi connectivity index (χ4n) is 4.00. The summed E-state index contributed by atoms with van der Waals surface area (Å²) in [5.74, 6) is -0.687. The topological polar surface area (TPSA) is 81.8 Å². The average Bonchev–Trinajstić information content (AvgIpc) is 3.26. The van der Waals surface area contributed by atoms with Crippen LogP contribution < -0.4 is 10.6 Å². The maximum atomic E-state index is 14.7. The van der Waals surface area contributed by atoms with Gasteiger partial charge in [0.05, 0.1) is 11.7 Å². The molecule has 7 nitrogen and oxygen atoms in total. The highest BCUT2D eigenvalue weighted by Crippen LogP contribution is 2.26. The summed E-state index contributed by atoms with van der Waals surface area (Å²) in [5.41, 5.74) is 0.748. The Morgan fingerprint density at radius 2 is 2.08 bits per heavy atom. The predicted octanol–water partition coefficient (Wildman–Crippen LogP) is 1.34.